The van der Waals surface area contributed by atoms with E-state index in [1.807, 2.05) is 13.8 Å². The first-order valence-electron chi connectivity index (χ1n) is 7.89. The molecule has 6 heteroatoms. The van der Waals surface area contributed by atoms with Crippen LogP contribution in [0.15, 0.2) is 18.2 Å². The van der Waals surface area contributed by atoms with Gasteiger partial charge in [-0.1, -0.05) is 38.3 Å². The molecule has 0 aliphatic carbocycles. The molecule has 23 heavy (non-hydrogen) atoms. The summed E-state index contributed by atoms with van der Waals surface area (Å²) in [6.07, 6.45) is 2.79. The lowest BCUT2D eigenvalue weighted by Crippen LogP contribution is -2.34. The zero-order valence-corrected chi connectivity index (χ0v) is 14.7. The fourth-order valence-corrected chi connectivity index (χ4v) is 2.82. The molecule has 5 nitrogen and oxygen atoms in total. The van der Waals surface area contributed by atoms with E-state index in [9.17, 15) is 14.7 Å². The van der Waals surface area contributed by atoms with Gasteiger partial charge in [0.25, 0.3) is 0 Å². The Kier molecular flexibility index (Phi) is 7.52. The smallest absolute Gasteiger partial charge is 0.227 e. The van der Waals surface area contributed by atoms with Gasteiger partial charge >= 0.3 is 0 Å². The van der Waals surface area contributed by atoms with Crippen molar-refractivity contribution in [1.82, 2.24) is 0 Å². The van der Waals surface area contributed by atoms with Crippen LogP contribution >= 0.6 is 11.6 Å². The minimum Gasteiger partial charge on any atom is -0.389 e. The van der Waals surface area contributed by atoms with Gasteiger partial charge in [0.1, 0.15) is 0 Å². The zero-order chi connectivity index (χ0) is 17.5. The van der Waals surface area contributed by atoms with Crippen LogP contribution in [0.25, 0.3) is 0 Å². The van der Waals surface area contributed by atoms with Crippen molar-refractivity contribution >= 4 is 34.8 Å². The molecule has 0 atom stereocenters. The summed E-state index contributed by atoms with van der Waals surface area (Å²) in [5, 5.41) is 16.4. The molecule has 0 spiro atoms. The molecule has 2 amide bonds. The van der Waals surface area contributed by atoms with Crippen molar-refractivity contribution in [3.05, 3.63) is 23.2 Å². The lowest BCUT2D eigenvalue weighted by molar-refractivity contribution is -0.121. The predicted molar refractivity (Wildman–Crippen MR) is 93.8 cm³/mol. The SMILES string of the molecule is CCCC(O)(CCC)CC(=O)Nc1ccc(Cl)cc1NC(C)=O. The first-order chi connectivity index (χ1) is 10.8. The highest BCUT2D eigenvalue weighted by molar-refractivity contribution is 6.31. The van der Waals surface area contributed by atoms with E-state index < -0.39 is 5.60 Å². The monoisotopic (exact) mass is 340 g/mol. The lowest BCUT2D eigenvalue weighted by atomic mass is 9.89. The molecule has 1 aromatic rings. The van der Waals surface area contributed by atoms with E-state index in [0.717, 1.165) is 12.8 Å². The number of anilines is 2. The van der Waals surface area contributed by atoms with Crippen molar-refractivity contribution < 1.29 is 14.7 Å². The van der Waals surface area contributed by atoms with Gasteiger partial charge in [0.15, 0.2) is 0 Å². The number of benzene rings is 1. The summed E-state index contributed by atoms with van der Waals surface area (Å²) >= 11 is 5.92. The van der Waals surface area contributed by atoms with Crippen molar-refractivity contribution in [3.8, 4) is 0 Å². The van der Waals surface area contributed by atoms with Gasteiger partial charge < -0.3 is 15.7 Å². The zero-order valence-electron chi connectivity index (χ0n) is 13.9. The summed E-state index contributed by atoms with van der Waals surface area (Å²) in [5.41, 5.74) is -0.0911. The maximum atomic E-state index is 12.3. The topological polar surface area (TPSA) is 78.4 Å². The number of amides is 2. The lowest BCUT2D eigenvalue weighted by Gasteiger charge is -2.27. The number of halogens is 1. The maximum absolute atomic E-state index is 12.3. The Balaban J connectivity index is 2.86. The Bertz CT molecular complexity index is 555. The second-order valence-electron chi connectivity index (χ2n) is 5.82. The van der Waals surface area contributed by atoms with E-state index in [1.165, 1.54) is 6.92 Å². The molecular weight excluding hydrogens is 316 g/mol. The van der Waals surface area contributed by atoms with Crippen LogP contribution in [-0.2, 0) is 9.59 Å². The first kappa shape index (κ1) is 19.5. The average Bonchev–Trinajstić information content (AvgIpc) is 2.41. The van der Waals surface area contributed by atoms with Crippen LogP contribution in [0.1, 0.15) is 52.9 Å². The normalized spacial score (nSPS) is 11.2. The van der Waals surface area contributed by atoms with Gasteiger partial charge in [-0.3, -0.25) is 9.59 Å². The number of rotatable bonds is 8. The van der Waals surface area contributed by atoms with Crippen molar-refractivity contribution in [1.29, 1.82) is 0 Å². The second kappa shape index (κ2) is 8.89. The van der Waals surface area contributed by atoms with Crippen molar-refractivity contribution in [2.24, 2.45) is 0 Å². The molecule has 0 aliphatic rings. The van der Waals surface area contributed by atoms with Gasteiger partial charge in [0.05, 0.1) is 23.4 Å². The van der Waals surface area contributed by atoms with Crippen LogP contribution < -0.4 is 10.6 Å². The highest BCUT2D eigenvalue weighted by Gasteiger charge is 2.28. The summed E-state index contributed by atoms with van der Waals surface area (Å²) in [4.78, 5) is 23.5. The van der Waals surface area contributed by atoms with Crippen LogP contribution in [0, 0.1) is 0 Å². The molecule has 1 aromatic carbocycles. The molecule has 0 saturated heterocycles. The van der Waals surface area contributed by atoms with Gasteiger partial charge in [-0.2, -0.15) is 0 Å². The number of hydrogen-bond acceptors (Lipinski definition) is 3. The van der Waals surface area contributed by atoms with Gasteiger partial charge in [0, 0.05) is 11.9 Å². The molecule has 0 aliphatic heterocycles. The molecule has 0 unspecified atom stereocenters. The van der Waals surface area contributed by atoms with E-state index in [2.05, 4.69) is 10.6 Å². The number of carbonyl (C=O) groups excluding carboxylic acids is 2. The van der Waals surface area contributed by atoms with Gasteiger partial charge in [-0.25, -0.2) is 0 Å². The molecular formula is C17H25ClN2O3. The molecule has 0 fully saturated rings. The number of carbonyl (C=O) groups is 2. The largest absolute Gasteiger partial charge is 0.389 e. The second-order valence-corrected chi connectivity index (χ2v) is 6.26. The average molecular weight is 341 g/mol. The third-order valence-corrected chi connectivity index (χ3v) is 3.72. The Morgan fingerprint density at radius 2 is 1.74 bits per heavy atom. The van der Waals surface area contributed by atoms with Crippen LogP contribution in [-0.4, -0.2) is 22.5 Å². The van der Waals surface area contributed by atoms with Crippen LogP contribution in [0.4, 0.5) is 11.4 Å². The van der Waals surface area contributed by atoms with E-state index in [4.69, 9.17) is 11.6 Å². The molecule has 0 bridgehead atoms. The van der Waals surface area contributed by atoms with Gasteiger partial charge in [0.2, 0.25) is 11.8 Å². The predicted octanol–water partition coefficient (Wildman–Crippen LogP) is 3.96. The summed E-state index contributed by atoms with van der Waals surface area (Å²) in [6.45, 7) is 5.34. The molecule has 128 valence electrons. The quantitative estimate of drug-likeness (QED) is 0.670. The molecule has 0 aromatic heterocycles. The maximum Gasteiger partial charge on any atom is 0.227 e. The first-order valence-corrected chi connectivity index (χ1v) is 8.27. The van der Waals surface area contributed by atoms with E-state index in [1.54, 1.807) is 18.2 Å². The third-order valence-electron chi connectivity index (χ3n) is 3.49. The number of nitrogens with one attached hydrogen (secondary N) is 2. The minimum absolute atomic E-state index is 0.0246. The summed E-state index contributed by atoms with van der Waals surface area (Å²) in [5.74, 6) is -0.542. The van der Waals surface area contributed by atoms with E-state index in [-0.39, 0.29) is 18.2 Å². The Morgan fingerprint density at radius 1 is 1.13 bits per heavy atom. The molecule has 0 radical (unpaired) electrons. The third kappa shape index (κ3) is 6.59. The van der Waals surface area contributed by atoms with Crippen LogP contribution in [0.3, 0.4) is 0 Å². The Hall–Kier alpha value is -1.59. The van der Waals surface area contributed by atoms with Crippen LogP contribution in [0.2, 0.25) is 5.02 Å². The Labute approximate surface area is 142 Å². The molecule has 0 heterocycles. The minimum atomic E-state index is -0.992. The van der Waals surface area contributed by atoms with Crippen molar-refractivity contribution in [2.75, 3.05) is 10.6 Å². The highest BCUT2D eigenvalue weighted by Crippen LogP contribution is 2.28. The molecule has 3 N–H and O–H groups in total. The van der Waals surface area contributed by atoms with Gasteiger partial charge in [-0.15, -0.1) is 0 Å². The number of hydrogen-bond donors (Lipinski definition) is 3. The number of aliphatic hydroxyl groups is 1. The molecule has 0 saturated carbocycles. The fourth-order valence-electron chi connectivity index (χ4n) is 2.64. The van der Waals surface area contributed by atoms with E-state index >= 15 is 0 Å². The summed E-state index contributed by atoms with van der Waals surface area (Å²) in [6, 6.07) is 4.83. The van der Waals surface area contributed by atoms with Crippen molar-refractivity contribution in [3.63, 3.8) is 0 Å². The van der Waals surface area contributed by atoms with E-state index in [0.29, 0.717) is 29.2 Å². The fraction of sp³-hybridized carbons (Fsp3) is 0.529. The standard InChI is InChI=1S/C17H25ClN2O3/c1-4-8-17(23,9-5-2)11-16(22)20-14-7-6-13(18)10-15(14)19-12(3)21/h6-7,10,23H,4-5,8-9,11H2,1-3H3,(H,19,21)(H,20,22). The highest BCUT2D eigenvalue weighted by atomic mass is 35.5. The summed E-state index contributed by atoms with van der Waals surface area (Å²) in [7, 11) is 0. The Morgan fingerprint density at radius 3 is 2.26 bits per heavy atom. The van der Waals surface area contributed by atoms with Crippen molar-refractivity contribution in [2.45, 2.75) is 58.5 Å². The molecule has 1 rings (SSSR count). The van der Waals surface area contributed by atoms with Gasteiger partial charge in [-0.05, 0) is 31.0 Å². The van der Waals surface area contributed by atoms with Crippen LogP contribution in [0.5, 0.6) is 0 Å². The summed E-state index contributed by atoms with van der Waals surface area (Å²) < 4.78 is 0.